The van der Waals surface area contributed by atoms with Gasteiger partial charge in [0.1, 0.15) is 0 Å². The van der Waals surface area contributed by atoms with Crippen molar-refractivity contribution in [3.05, 3.63) is 117 Å². The highest BCUT2D eigenvalue weighted by molar-refractivity contribution is 6.32. The molecule has 4 heteroatoms. The second-order valence-corrected chi connectivity index (χ2v) is 9.06. The van der Waals surface area contributed by atoms with Crippen LogP contribution < -0.4 is 10.6 Å². The third kappa shape index (κ3) is 3.77. The van der Waals surface area contributed by atoms with Gasteiger partial charge in [-0.05, 0) is 74.7 Å². The van der Waals surface area contributed by atoms with Crippen molar-refractivity contribution in [2.45, 2.75) is 27.7 Å². The molecule has 1 aliphatic carbocycles. The molecule has 0 radical (unpaired) electrons. The van der Waals surface area contributed by atoms with Crippen molar-refractivity contribution in [3.63, 3.8) is 0 Å². The number of hydrogen-bond acceptors (Lipinski definition) is 4. The Morgan fingerprint density at radius 2 is 1.09 bits per heavy atom. The number of anilines is 4. The molecule has 4 nitrogen and oxygen atoms in total. The van der Waals surface area contributed by atoms with Gasteiger partial charge < -0.3 is 10.6 Å². The van der Waals surface area contributed by atoms with Crippen molar-refractivity contribution >= 4 is 34.3 Å². The van der Waals surface area contributed by atoms with Crippen LogP contribution >= 0.6 is 0 Å². The minimum Gasteiger partial charge on any atom is -0.355 e. The number of aryl methyl sites for hydroxylation is 4. The second-order valence-electron chi connectivity index (χ2n) is 9.06. The summed E-state index contributed by atoms with van der Waals surface area (Å²) in [6, 6.07) is 23.1. The van der Waals surface area contributed by atoms with Gasteiger partial charge in [0.05, 0.1) is 22.5 Å². The number of ketones is 2. The van der Waals surface area contributed by atoms with Gasteiger partial charge in [-0.25, -0.2) is 0 Å². The molecule has 0 heterocycles. The Kier molecular flexibility index (Phi) is 5.29. The Hall–Kier alpha value is -4.18. The Morgan fingerprint density at radius 3 is 1.65 bits per heavy atom. The van der Waals surface area contributed by atoms with Crippen molar-refractivity contribution in [1.82, 2.24) is 0 Å². The van der Waals surface area contributed by atoms with Gasteiger partial charge >= 0.3 is 0 Å². The molecule has 0 aliphatic heterocycles. The number of fused-ring (bicyclic) bond motifs is 2. The molecule has 0 spiro atoms. The van der Waals surface area contributed by atoms with Crippen molar-refractivity contribution in [2.24, 2.45) is 0 Å². The molecule has 168 valence electrons. The van der Waals surface area contributed by atoms with Crippen LogP contribution in [0.4, 0.5) is 22.7 Å². The van der Waals surface area contributed by atoms with Gasteiger partial charge in [-0.3, -0.25) is 9.59 Å². The minimum atomic E-state index is -0.152. The fourth-order valence-corrected chi connectivity index (χ4v) is 4.75. The Labute approximate surface area is 199 Å². The average Bonchev–Trinajstić information content (AvgIpc) is 2.78. The van der Waals surface area contributed by atoms with Gasteiger partial charge in [-0.2, -0.15) is 0 Å². The van der Waals surface area contributed by atoms with Crippen molar-refractivity contribution in [1.29, 1.82) is 0 Å². The number of hydrogen-bond donors (Lipinski definition) is 2. The quantitative estimate of drug-likeness (QED) is 0.307. The van der Waals surface area contributed by atoms with Crippen molar-refractivity contribution in [3.8, 4) is 0 Å². The summed E-state index contributed by atoms with van der Waals surface area (Å²) in [6.07, 6.45) is 0. The van der Waals surface area contributed by atoms with E-state index in [0.717, 1.165) is 28.1 Å². The zero-order chi connectivity index (χ0) is 24.0. The lowest BCUT2D eigenvalue weighted by molar-refractivity contribution is 0.0980. The summed E-state index contributed by atoms with van der Waals surface area (Å²) in [5.74, 6) is -0.303. The average molecular weight is 447 g/mol. The molecular formula is C30H26N2O2. The molecule has 2 N–H and O–H groups in total. The standard InChI is InChI=1S/C30H26N2O2/c1-17-11-12-24(20(4)14-17)32-26-10-6-8-23-28(26)30(34)22-7-5-9-25(27(22)29(23)33)31-21-15-18(2)13-19(3)16-21/h5-16,31-32H,1-4H3. The number of carbonyl (C=O) groups excluding carboxylic acids is 2. The highest BCUT2D eigenvalue weighted by atomic mass is 16.1. The van der Waals surface area contributed by atoms with E-state index in [1.54, 1.807) is 12.1 Å². The molecule has 0 atom stereocenters. The Balaban J connectivity index is 1.58. The fraction of sp³-hybridized carbons (Fsp3) is 0.133. The van der Waals surface area contributed by atoms with Gasteiger partial charge in [0.25, 0.3) is 0 Å². The zero-order valence-electron chi connectivity index (χ0n) is 19.7. The molecule has 5 rings (SSSR count). The van der Waals surface area contributed by atoms with Crippen LogP contribution in [0.1, 0.15) is 54.1 Å². The van der Waals surface area contributed by atoms with Gasteiger partial charge in [-0.15, -0.1) is 0 Å². The van der Waals surface area contributed by atoms with Gasteiger partial charge in [0, 0.05) is 22.5 Å². The molecule has 0 aromatic heterocycles. The van der Waals surface area contributed by atoms with E-state index in [1.807, 2.05) is 76.2 Å². The SMILES string of the molecule is Cc1cc(C)cc(Nc2cccc3c2C(=O)c2cccc(Nc4ccc(C)cc4C)c2C3=O)c1. The summed E-state index contributed by atoms with van der Waals surface area (Å²) in [6.45, 7) is 8.14. The predicted octanol–water partition coefficient (Wildman–Crippen LogP) is 7.18. The molecule has 0 bridgehead atoms. The number of benzene rings is 4. The van der Waals surface area contributed by atoms with E-state index in [9.17, 15) is 9.59 Å². The van der Waals surface area contributed by atoms with E-state index >= 15 is 0 Å². The lowest BCUT2D eigenvalue weighted by atomic mass is 9.82. The topological polar surface area (TPSA) is 58.2 Å². The monoisotopic (exact) mass is 446 g/mol. The molecule has 0 fully saturated rings. The summed E-state index contributed by atoms with van der Waals surface area (Å²) in [4.78, 5) is 27.4. The molecular weight excluding hydrogens is 420 g/mol. The second kappa shape index (κ2) is 8.31. The lowest BCUT2D eigenvalue weighted by Gasteiger charge is -2.23. The first-order valence-electron chi connectivity index (χ1n) is 11.4. The van der Waals surface area contributed by atoms with Crippen LogP contribution in [0.5, 0.6) is 0 Å². The number of rotatable bonds is 4. The molecule has 4 aromatic rings. The highest BCUT2D eigenvalue weighted by Gasteiger charge is 2.33. The summed E-state index contributed by atoms with van der Waals surface area (Å²) in [5.41, 5.74) is 9.26. The number of carbonyl (C=O) groups is 2. The van der Waals surface area contributed by atoms with Gasteiger partial charge in [0.2, 0.25) is 0 Å². The van der Waals surface area contributed by atoms with E-state index in [4.69, 9.17) is 0 Å². The first-order valence-corrected chi connectivity index (χ1v) is 11.4. The third-order valence-corrected chi connectivity index (χ3v) is 6.22. The van der Waals surface area contributed by atoms with Crippen LogP contribution in [0.15, 0.2) is 72.8 Å². The highest BCUT2D eigenvalue weighted by Crippen LogP contribution is 2.37. The Morgan fingerprint density at radius 1 is 0.529 bits per heavy atom. The van der Waals surface area contributed by atoms with Crippen LogP contribution in [-0.4, -0.2) is 11.6 Å². The summed E-state index contributed by atoms with van der Waals surface area (Å²) < 4.78 is 0. The molecule has 0 unspecified atom stereocenters. The maximum absolute atomic E-state index is 13.7. The molecule has 0 amide bonds. The van der Waals surface area contributed by atoms with Gasteiger partial charge in [-0.1, -0.05) is 48.0 Å². The van der Waals surface area contributed by atoms with E-state index in [-0.39, 0.29) is 11.6 Å². The van der Waals surface area contributed by atoms with E-state index in [1.165, 1.54) is 5.56 Å². The van der Waals surface area contributed by atoms with Crippen LogP contribution in [0.25, 0.3) is 0 Å². The maximum atomic E-state index is 13.7. The van der Waals surface area contributed by atoms with E-state index in [0.29, 0.717) is 33.6 Å². The normalized spacial score (nSPS) is 12.2. The Bertz CT molecular complexity index is 1460. The summed E-state index contributed by atoms with van der Waals surface area (Å²) >= 11 is 0. The van der Waals surface area contributed by atoms with E-state index in [2.05, 4.69) is 22.8 Å². The van der Waals surface area contributed by atoms with Crippen molar-refractivity contribution in [2.75, 3.05) is 10.6 Å². The minimum absolute atomic E-state index is 0.151. The van der Waals surface area contributed by atoms with Gasteiger partial charge in [0.15, 0.2) is 11.6 Å². The van der Waals surface area contributed by atoms with Crippen LogP contribution in [0.2, 0.25) is 0 Å². The maximum Gasteiger partial charge on any atom is 0.196 e. The fourth-order valence-electron chi connectivity index (χ4n) is 4.75. The van der Waals surface area contributed by atoms with Crippen LogP contribution in [0.3, 0.4) is 0 Å². The molecule has 0 saturated heterocycles. The largest absolute Gasteiger partial charge is 0.355 e. The van der Waals surface area contributed by atoms with Crippen LogP contribution in [-0.2, 0) is 0 Å². The zero-order valence-corrected chi connectivity index (χ0v) is 19.7. The van der Waals surface area contributed by atoms with E-state index < -0.39 is 0 Å². The molecule has 34 heavy (non-hydrogen) atoms. The van der Waals surface area contributed by atoms with Crippen molar-refractivity contribution < 1.29 is 9.59 Å². The summed E-state index contributed by atoms with van der Waals surface area (Å²) in [5, 5.41) is 6.76. The van der Waals surface area contributed by atoms with Crippen LogP contribution in [0, 0.1) is 27.7 Å². The molecule has 0 saturated carbocycles. The molecule has 1 aliphatic rings. The predicted molar refractivity (Wildman–Crippen MR) is 138 cm³/mol. The molecule has 4 aromatic carbocycles. The third-order valence-electron chi connectivity index (χ3n) is 6.22. The number of nitrogens with one attached hydrogen (secondary N) is 2. The summed E-state index contributed by atoms with van der Waals surface area (Å²) in [7, 11) is 0. The first kappa shape index (κ1) is 21.7. The first-order chi connectivity index (χ1) is 16.3. The smallest absolute Gasteiger partial charge is 0.196 e. The lowest BCUT2D eigenvalue weighted by Crippen LogP contribution is -2.23.